The summed E-state index contributed by atoms with van der Waals surface area (Å²) >= 11 is 0. The van der Waals surface area contributed by atoms with Crippen molar-refractivity contribution in [2.24, 2.45) is 11.3 Å². The molecule has 1 rings (SSSR count). The van der Waals surface area contributed by atoms with E-state index in [1.807, 2.05) is 20.8 Å². The highest BCUT2D eigenvalue weighted by molar-refractivity contribution is 5.89. The van der Waals surface area contributed by atoms with E-state index in [1.165, 1.54) is 0 Å². The van der Waals surface area contributed by atoms with Gasteiger partial charge in [-0.05, 0) is 39.2 Å². The quantitative estimate of drug-likeness (QED) is 0.686. The maximum atomic E-state index is 12.2. The smallest absolute Gasteiger partial charge is 0.242 e. The molecule has 0 spiro atoms. The van der Waals surface area contributed by atoms with Crippen molar-refractivity contribution in [3.05, 3.63) is 0 Å². The van der Waals surface area contributed by atoms with Gasteiger partial charge in [-0.2, -0.15) is 0 Å². The molecule has 0 aromatic heterocycles. The fourth-order valence-corrected chi connectivity index (χ4v) is 2.14. The Morgan fingerprint density at radius 2 is 2.00 bits per heavy atom. The Bertz CT molecular complexity index is 323. The van der Waals surface area contributed by atoms with Crippen molar-refractivity contribution in [2.75, 3.05) is 19.6 Å². The van der Waals surface area contributed by atoms with Gasteiger partial charge in [-0.25, -0.2) is 0 Å². The standard InChI is InChI=1S/C14H27N3O2/c1-10(2)8-16-12(18)11(3)17-13(19)14(4)6-5-7-15-9-14/h10-11,15H,5-9H2,1-4H3,(H,16,18)(H,17,19). The molecule has 1 fully saturated rings. The van der Waals surface area contributed by atoms with Gasteiger partial charge in [0.1, 0.15) is 6.04 Å². The van der Waals surface area contributed by atoms with Gasteiger partial charge in [-0.1, -0.05) is 13.8 Å². The maximum absolute atomic E-state index is 12.2. The first-order valence-electron chi connectivity index (χ1n) is 7.14. The van der Waals surface area contributed by atoms with Gasteiger partial charge in [0.25, 0.3) is 0 Å². The molecule has 0 bridgehead atoms. The second kappa shape index (κ2) is 6.89. The fourth-order valence-electron chi connectivity index (χ4n) is 2.14. The number of piperidine rings is 1. The molecule has 2 atom stereocenters. The van der Waals surface area contributed by atoms with Crippen LogP contribution in [0.1, 0.15) is 40.5 Å². The monoisotopic (exact) mass is 269 g/mol. The molecule has 5 heteroatoms. The molecule has 1 saturated heterocycles. The zero-order chi connectivity index (χ0) is 14.5. The Kier molecular flexibility index (Phi) is 5.79. The normalized spacial score (nSPS) is 24.9. The summed E-state index contributed by atoms with van der Waals surface area (Å²) in [7, 11) is 0. The van der Waals surface area contributed by atoms with Gasteiger partial charge >= 0.3 is 0 Å². The Balaban J connectivity index is 2.44. The van der Waals surface area contributed by atoms with Gasteiger partial charge < -0.3 is 16.0 Å². The molecule has 1 aliphatic heterocycles. The predicted octanol–water partition coefficient (Wildman–Crippen LogP) is 0.653. The molecule has 19 heavy (non-hydrogen) atoms. The molecule has 2 amide bonds. The van der Waals surface area contributed by atoms with Gasteiger partial charge in [0.05, 0.1) is 5.41 Å². The maximum Gasteiger partial charge on any atom is 0.242 e. The Morgan fingerprint density at radius 3 is 2.53 bits per heavy atom. The first kappa shape index (κ1) is 16.0. The molecule has 1 aliphatic rings. The summed E-state index contributed by atoms with van der Waals surface area (Å²) in [6.45, 7) is 10.0. The Hall–Kier alpha value is -1.10. The number of hydrogen-bond acceptors (Lipinski definition) is 3. The molecule has 0 radical (unpaired) electrons. The van der Waals surface area contributed by atoms with Crippen molar-refractivity contribution in [1.82, 2.24) is 16.0 Å². The van der Waals surface area contributed by atoms with Crippen LogP contribution in [0, 0.1) is 11.3 Å². The molecule has 0 saturated carbocycles. The van der Waals surface area contributed by atoms with Crippen LogP contribution in [0.4, 0.5) is 0 Å². The minimum Gasteiger partial charge on any atom is -0.354 e. The van der Waals surface area contributed by atoms with Crippen molar-refractivity contribution in [2.45, 2.75) is 46.6 Å². The highest BCUT2D eigenvalue weighted by Crippen LogP contribution is 2.25. The summed E-state index contributed by atoms with van der Waals surface area (Å²) < 4.78 is 0. The van der Waals surface area contributed by atoms with Crippen molar-refractivity contribution in [3.63, 3.8) is 0 Å². The van der Waals surface area contributed by atoms with E-state index in [0.717, 1.165) is 19.4 Å². The van der Waals surface area contributed by atoms with Gasteiger partial charge in [0.15, 0.2) is 0 Å². The third kappa shape index (κ3) is 4.82. The number of carbonyl (C=O) groups excluding carboxylic acids is 2. The van der Waals surface area contributed by atoms with E-state index < -0.39 is 11.5 Å². The summed E-state index contributed by atoms with van der Waals surface area (Å²) in [6, 6.07) is -0.481. The Labute approximate surface area is 115 Å². The van der Waals surface area contributed by atoms with E-state index in [2.05, 4.69) is 16.0 Å². The van der Waals surface area contributed by atoms with Crippen molar-refractivity contribution < 1.29 is 9.59 Å². The lowest BCUT2D eigenvalue weighted by Gasteiger charge is -2.33. The van der Waals surface area contributed by atoms with E-state index in [9.17, 15) is 9.59 Å². The number of hydrogen-bond donors (Lipinski definition) is 3. The molecule has 2 unspecified atom stereocenters. The lowest BCUT2D eigenvalue weighted by molar-refractivity contribution is -0.135. The lowest BCUT2D eigenvalue weighted by Crippen LogP contribution is -2.54. The van der Waals surface area contributed by atoms with Crippen molar-refractivity contribution in [3.8, 4) is 0 Å². The largest absolute Gasteiger partial charge is 0.354 e. The fraction of sp³-hybridized carbons (Fsp3) is 0.857. The number of rotatable bonds is 5. The molecule has 110 valence electrons. The van der Waals surface area contributed by atoms with Crippen LogP contribution in [0.15, 0.2) is 0 Å². The summed E-state index contributed by atoms with van der Waals surface area (Å²) in [5.74, 6) is 0.258. The highest BCUT2D eigenvalue weighted by Gasteiger charge is 2.35. The third-order valence-corrected chi connectivity index (χ3v) is 3.57. The predicted molar refractivity (Wildman–Crippen MR) is 75.7 cm³/mol. The van der Waals surface area contributed by atoms with E-state index >= 15 is 0 Å². The minimum absolute atomic E-state index is 0.0353. The van der Waals surface area contributed by atoms with Crippen molar-refractivity contribution in [1.29, 1.82) is 0 Å². The molecule has 0 aliphatic carbocycles. The lowest BCUT2D eigenvalue weighted by atomic mass is 9.81. The summed E-state index contributed by atoms with van der Waals surface area (Å²) in [6.07, 6.45) is 1.87. The van der Waals surface area contributed by atoms with Crippen LogP contribution in [0.3, 0.4) is 0 Å². The van der Waals surface area contributed by atoms with Gasteiger partial charge in [0, 0.05) is 13.1 Å². The second-order valence-corrected chi connectivity index (χ2v) is 6.18. The van der Waals surface area contributed by atoms with Crippen LogP contribution in [0.25, 0.3) is 0 Å². The van der Waals surface area contributed by atoms with E-state index in [4.69, 9.17) is 0 Å². The number of nitrogens with one attached hydrogen (secondary N) is 3. The first-order valence-corrected chi connectivity index (χ1v) is 7.14. The molecule has 1 heterocycles. The van der Waals surface area contributed by atoms with Gasteiger partial charge in [-0.3, -0.25) is 9.59 Å². The summed E-state index contributed by atoms with van der Waals surface area (Å²) in [4.78, 5) is 24.1. The van der Waals surface area contributed by atoms with E-state index in [1.54, 1.807) is 6.92 Å². The van der Waals surface area contributed by atoms with Gasteiger partial charge in [0.2, 0.25) is 11.8 Å². The van der Waals surface area contributed by atoms with Crippen LogP contribution in [-0.4, -0.2) is 37.5 Å². The average molecular weight is 269 g/mol. The van der Waals surface area contributed by atoms with Crippen molar-refractivity contribution >= 4 is 11.8 Å². The SMILES string of the molecule is CC(C)CNC(=O)C(C)NC(=O)C1(C)CCCNC1. The van der Waals surface area contributed by atoms with Gasteiger partial charge in [-0.15, -0.1) is 0 Å². The topological polar surface area (TPSA) is 70.2 Å². The third-order valence-electron chi connectivity index (χ3n) is 3.57. The molecule has 3 N–H and O–H groups in total. The number of carbonyl (C=O) groups is 2. The van der Waals surface area contributed by atoms with Crippen LogP contribution < -0.4 is 16.0 Å². The van der Waals surface area contributed by atoms with E-state index in [0.29, 0.717) is 19.0 Å². The van der Waals surface area contributed by atoms with Crippen LogP contribution in [-0.2, 0) is 9.59 Å². The minimum atomic E-state index is -0.481. The van der Waals surface area contributed by atoms with Crippen LogP contribution >= 0.6 is 0 Å². The zero-order valence-corrected chi connectivity index (χ0v) is 12.5. The second-order valence-electron chi connectivity index (χ2n) is 6.18. The highest BCUT2D eigenvalue weighted by atomic mass is 16.2. The molecule has 0 aromatic carbocycles. The van der Waals surface area contributed by atoms with Crippen LogP contribution in [0.2, 0.25) is 0 Å². The number of amides is 2. The molecule has 0 aromatic rings. The molecule has 5 nitrogen and oxygen atoms in total. The van der Waals surface area contributed by atoms with Crippen LogP contribution in [0.5, 0.6) is 0 Å². The average Bonchev–Trinajstić information content (AvgIpc) is 2.36. The Morgan fingerprint density at radius 1 is 1.32 bits per heavy atom. The first-order chi connectivity index (χ1) is 8.85. The summed E-state index contributed by atoms with van der Waals surface area (Å²) in [5, 5.41) is 8.89. The molecular formula is C14H27N3O2. The zero-order valence-electron chi connectivity index (χ0n) is 12.5. The van der Waals surface area contributed by atoms with E-state index in [-0.39, 0.29) is 11.8 Å². The molecular weight excluding hydrogens is 242 g/mol. The summed E-state index contributed by atoms with van der Waals surface area (Å²) in [5.41, 5.74) is -0.398.